The molecule has 3 atom stereocenters. The van der Waals surface area contributed by atoms with Crippen molar-refractivity contribution in [3.63, 3.8) is 0 Å². The number of piperazine rings is 1. The maximum atomic E-state index is 14.0. The van der Waals surface area contributed by atoms with Gasteiger partial charge in [-0.25, -0.2) is 13.2 Å². The SMILES string of the molecule is COC(=O)[C@@H]1C[C@@H](O)CN1C(=O)[C@H](Cc1ccccc1)N1CCN(S(=O)(=O)c2ccc([N+](=O)[O-])cc2)C2(CC2)C1=O. The molecule has 2 saturated heterocycles. The number of hydrogen-bond acceptors (Lipinski definition) is 9. The van der Waals surface area contributed by atoms with Crippen molar-refractivity contribution >= 4 is 33.5 Å². The second-order valence-electron chi connectivity index (χ2n) is 10.5. The van der Waals surface area contributed by atoms with Crippen molar-refractivity contribution in [2.24, 2.45) is 0 Å². The molecule has 2 aromatic carbocycles. The molecule has 3 aliphatic rings. The molecule has 2 heterocycles. The van der Waals surface area contributed by atoms with E-state index in [4.69, 9.17) is 4.74 Å². The van der Waals surface area contributed by atoms with E-state index in [0.29, 0.717) is 0 Å². The van der Waals surface area contributed by atoms with Gasteiger partial charge in [0.25, 0.3) is 5.69 Å². The molecule has 2 aromatic rings. The first-order chi connectivity index (χ1) is 19.5. The number of likely N-dealkylation sites (tertiary alicyclic amines) is 1. The molecular weight excluding hydrogens is 556 g/mol. The molecule has 0 radical (unpaired) electrons. The average Bonchev–Trinajstić information content (AvgIpc) is 3.65. The second-order valence-corrected chi connectivity index (χ2v) is 12.3. The van der Waals surface area contributed by atoms with E-state index in [0.717, 1.165) is 34.1 Å². The Balaban J connectivity index is 1.45. The van der Waals surface area contributed by atoms with E-state index in [1.807, 2.05) is 18.2 Å². The molecule has 1 spiro atoms. The summed E-state index contributed by atoms with van der Waals surface area (Å²) < 4.78 is 33.2. The fourth-order valence-corrected chi connectivity index (χ4v) is 7.54. The highest BCUT2D eigenvalue weighted by atomic mass is 32.2. The summed E-state index contributed by atoms with van der Waals surface area (Å²) in [6.07, 6.45) is -0.288. The van der Waals surface area contributed by atoms with Crippen molar-refractivity contribution in [3.8, 4) is 0 Å². The number of aliphatic hydroxyl groups is 1. The van der Waals surface area contributed by atoms with Crippen LogP contribution in [0.5, 0.6) is 0 Å². The second kappa shape index (κ2) is 10.8. The number of carbonyl (C=O) groups excluding carboxylic acids is 3. The number of esters is 1. The first kappa shape index (κ1) is 28.6. The molecule has 2 amide bonds. The average molecular weight is 587 g/mol. The minimum atomic E-state index is -4.18. The van der Waals surface area contributed by atoms with E-state index in [2.05, 4.69) is 0 Å². The monoisotopic (exact) mass is 586 g/mol. The lowest BCUT2D eigenvalue weighted by Gasteiger charge is -2.44. The van der Waals surface area contributed by atoms with Crippen LogP contribution in [-0.2, 0) is 35.6 Å². The highest BCUT2D eigenvalue weighted by molar-refractivity contribution is 7.89. The van der Waals surface area contributed by atoms with E-state index < -0.39 is 56.5 Å². The van der Waals surface area contributed by atoms with Crippen molar-refractivity contribution < 1.29 is 37.6 Å². The summed E-state index contributed by atoms with van der Waals surface area (Å²) in [6, 6.07) is 11.5. The number of ether oxygens (including phenoxy) is 1. The zero-order valence-electron chi connectivity index (χ0n) is 22.3. The number of sulfonamides is 1. The Hall–Kier alpha value is -3.88. The van der Waals surface area contributed by atoms with Crippen LogP contribution in [-0.4, -0.2) is 101 Å². The molecule has 218 valence electrons. The summed E-state index contributed by atoms with van der Waals surface area (Å²) in [5.74, 6) is -1.72. The summed E-state index contributed by atoms with van der Waals surface area (Å²) in [5.41, 5.74) is -0.871. The van der Waals surface area contributed by atoms with E-state index in [9.17, 15) is 38.0 Å². The minimum absolute atomic E-state index is 0.00954. The molecule has 1 aliphatic carbocycles. The van der Waals surface area contributed by atoms with E-state index in [-0.39, 0.29) is 55.9 Å². The highest BCUT2D eigenvalue weighted by Crippen LogP contribution is 2.48. The Morgan fingerprint density at radius 2 is 1.78 bits per heavy atom. The zero-order chi connectivity index (χ0) is 29.5. The van der Waals surface area contributed by atoms with Crippen molar-refractivity contribution in [2.75, 3.05) is 26.7 Å². The minimum Gasteiger partial charge on any atom is -0.467 e. The first-order valence-electron chi connectivity index (χ1n) is 13.2. The van der Waals surface area contributed by atoms with Crippen LogP contribution in [0.3, 0.4) is 0 Å². The van der Waals surface area contributed by atoms with Crippen molar-refractivity contribution in [1.29, 1.82) is 0 Å². The van der Waals surface area contributed by atoms with Gasteiger partial charge < -0.3 is 19.6 Å². The van der Waals surface area contributed by atoms with Gasteiger partial charge in [-0.05, 0) is 30.5 Å². The van der Waals surface area contributed by atoms with Crippen molar-refractivity contribution in [3.05, 3.63) is 70.3 Å². The number of hydrogen-bond donors (Lipinski definition) is 1. The van der Waals surface area contributed by atoms with Crippen LogP contribution in [0.4, 0.5) is 5.69 Å². The summed E-state index contributed by atoms with van der Waals surface area (Å²) in [7, 11) is -2.99. The highest BCUT2D eigenvalue weighted by Gasteiger charge is 2.63. The summed E-state index contributed by atoms with van der Waals surface area (Å²) in [4.78, 5) is 53.4. The van der Waals surface area contributed by atoms with Gasteiger partial charge in [-0.15, -0.1) is 0 Å². The van der Waals surface area contributed by atoms with E-state index in [1.165, 1.54) is 16.9 Å². The Labute approximate surface area is 236 Å². The molecular formula is C27H30N4O9S. The first-order valence-corrected chi connectivity index (χ1v) is 14.6. The Morgan fingerprint density at radius 1 is 1.12 bits per heavy atom. The summed E-state index contributed by atoms with van der Waals surface area (Å²) in [6.45, 7) is -0.278. The number of nitro groups is 1. The zero-order valence-corrected chi connectivity index (χ0v) is 23.1. The molecule has 14 heteroatoms. The molecule has 5 rings (SSSR count). The number of carbonyl (C=O) groups is 3. The molecule has 2 aliphatic heterocycles. The smallest absolute Gasteiger partial charge is 0.328 e. The normalized spacial score (nSPS) is 22.9. The molecule has 1 N–H and O–H groups in total. The number of β-amino-alcohol motifs (C(OH)–C–C–N with tert-alkyl or cyclic N) is 1. The predicted molar refractivity (Wildman–Crippen MR) is 143 cm³/mol. The molecule has 13 nitrogen and oxygen atoms in total. The quantitative estimate of drug-likeness (QED) is 0.266. The molecule has 0 unspecified atom stereocenters. The van der Waals surface area contributed by atoms with Gasteiger partial charge in [0, 0.05) is 44.6 Å². The maximum absolute atomic E-state index is 14.0. The molecule has 0 aromatic heterocycles. The van der Waals surface area contributed by atoms with Gasteiger partial charge in [-0.1, -0.05) is 30.3 Å². The lowest BCUT2D eigenvalue weighted by molar-refractivity contribution is -0.384. The van der Waals surface area contributed by atoms with Crippen molar-refractivity contribution in [1.82, 2.24) is 14.1 Å². The molecule has 0 bridgehead atoms. The number of rotatable bonds is 8. The van der Waals surface area contributed by atoms with Crippen molar-refractivity contribution in [2.45, 2.75) is 54.3 Å². The van der Waals surface area contributed by atoms with Gasteiger partial charge in [0.15, 0.2) is 0 Å². The maximum Gasteiger partial charge on any atom is 0.328 e. The third-order valence-electron chi connectivity index (χ3n) is 8.01. The number of non-ortho nitro benzene ring substituents is 1. The number of nitro benzene ring substituents is 1. The van der Waals surface area contributed by atoms with Gasteiger partial charge in [0.1, 0.15) is 17.6 Å². The number of aliphatic hydroxyl groups excluding tert-OH is 1. The number of methoxy groups -OCH3 is 1. The van der Waals surface area contributed by atoms with Crippen LogP contribution in [0.1, 0.15) is 24.8 Å². The van der Waals surface area contributed by atoms with Gasteiger partial charge >= 0.3 is 5.97 Å². The van der Waals surface area contributed by atoms with Crippen LogP contribution in [0, 0.1) is 10.1 Å². The van der Waals surface area contributed by atoms with E-state index >= 15 is 0 Å². The summed E-state index contributed by atoms with van der Waals surface area (Å²) >= 11 is 0. The predicted octanol–water partition coefficient (Wildman–Crippen LogP) is 0.706. The molecule has 3 fully saturated rings. The lowest BCUT2D eigenvalue weighted by Crippen LogP contribution is -2.65. The Kier molecular flexibility index (Phi) is 7.57. The van der Waals surface area contributed by atoms with Crippen LogP contribution < -0.4 is 0 Å². The third kappa shape index (κ3) is 5.18. The van der Waals surface area contributed by atoms with Gasteiger partial charge in [0.05, 0.1) is 23.0 Å². The number of nitrogens with zero attached hydrogens (tertiary/aromatic N) is 4. The topological polar surface area (TPSA) is 168 Å². The Bertz CT molecular complexity index is 1460. The fraction of sp³-hybridized carbons (Fsp3) is 0.444. The Morgan fingerprint density at radius 3 is 2.37 bits per heavy atom. The van der Waals surface area contributed by atoms with Crippen LogP contribution in [0.15, 0.2) is 59.5 Å². The molecule has 41 heavy (non-hydrogen) atoms. The summed E-state index contributed by atoms with van der Waals surface area (Å²) in [5, 5.41) is 21.3. The van der Waals surface area contributed by atoms with Gasteiger partial charge in [-0.2, -0.15) is 4.31 Å². The van der Waals surface area contributed by atoms with Gasteiger partial charge in [-0.3, -0.25) is 19.7 Å². The third-order valence-corrected chi connectivity index (χ3v) is 9.99. The van der Waals surface area contributed by atoms with Crippen LogP contribution in [0.25, 0.3) is 0 Å². The lowest BCUT2D eigenvalue weighted by atomic mass is 10.00. The largest absolute Gasteiger partial charge is 0.467 e. The van der Waals surface area contributed by atoms with Crippen LogP contribution >= 0.6 is 0 Å². The number of amides is 2. The van der Waals surface area contributed by atoms with Crippen LogP contribution in [0.2, 0.25) is 0 Å². The molecule has 1 saturated carbocycles. The standard InChI is InChI=1S/C27H30N4O9S/c1-40-25(34)23-16-20(32)17-29(23)24(33)22(15-18-5-3-2-4-6-18)28-13-14-30(27(11-12-27)26(28)35)41(38,39)21-9-7-19(8-10-21)31(36)37/h2-10,20,22-23,32H,11-17H2,1H3/t20-,22+,23+/m1/s1. The fourth-order valence-electron chi connectivity index (χ4n) is 5.76. The van der Waals surface area contributed by atoms with Gasteiger partial charge in [0.2, 0.25) is 21.8 Å². The van der Waals surface area contributed by atoms with E-state index in [1.54, 1.807) is 12.1 Å². The number of benzene rings is 2.